The Morgan fingerprint density at radius 2 is 1.91 bits per heavy atom. The predicted molar refractivity (Wildman–Crippen MR) is 87.2 cm³/mol. The molecule has 1 aliphatic rings. The summed E-state index contributed by atoms with van der Waals surface area (Å²) in [6, 6.07) is 8.99. The van der Waals surface area contributed by atoms with E-state index in [-0.39, 0.29) is 5.76 Å². The van der Waals surface area contributed by atoms with Gasteiger partial charge in [0.1, 0.15) is 11.2 Å². The van der Waals surface area contributed by atoms with Crippen LogP contribution >= 0.6 is 0 Å². The molecule has 0 aromatic heterocycles. The molecule has 0 amide bonds. The van der Waals surface area contributed by atoms with Crippen LogP contribution < -0.4 is 0 Å². The number of benzene rings is 1. The van der Waals surface area contributed by atoms with Crippen LogP contribution in [-0.2, 0) is 19.7 Å². The van der Waals surface area contributed by atoms with Gasteiger partial charge in [-0.3, -0.25) is 4.79 Å². The van der Waals surface area contributed by atoms with E-state index in [1.165, 1.54) is 7.11 Å². The number of Topliss-reactive ketones (excluding diaryl/α,β-unsaturated/α-hetero) is 1. The first-order valence-electron chi connectivity index (χ1n) is 7.68. The van der Waals surface area contributed by atoms with Gasteiger partial charge in [-0.05, 0) is 44.5 Å². The number of methoxy groups -OCH3 is 1. The molecule has 1 atom stereocenters. The van der Waals surface area contributed by atoms with Crippen LogP contribution in [0.4, 0.5) is 0 Å². The number of allylic oxidation sites excluding steroid dienone is 1. The maximum Gasteiger partial charge on any atom is 0.375 e. The molecule has 0 fully saturated rings. The largest absolute Gasteiger partial charge is 0.511 e. The smallest absolute Gasteiger partial charge is 0.375 e. The van der Waals surface area contributed by atoms with Crippen LogP contribution in [0.3, 0.4) is 0 Å². The molecule has 0 saturated heterocycles. The number of carbonyl (C=O) groups excluding carboxylic acids is 2. The Morgan fingerprint density at radius 1 is 1.26 bits per heavy atom. The van der Waals surface area contributed by atoms with Crippen molar-refractivity contribution in [3.05, 3.63) is 47.2 Å². The van der Waals surface area contributed by atoms with E-state index in [4.69, 9.17) is 0 Å². The molecule has 1 aromatic rings. The third-order valence-electron chi connectivity index (χ3n) is 4.30. The first kappa shape index (κ1) is 17.2. The van der Waals surface area contributed by atoms with Gasteiger partial charge in [0.25, 0.3) is 5.78 Å². The second kappa shape index (κ2) is 6.96. The van der Waals surface area contributed by atoms with Gasteiger partial charge in [0.05, 0.1) is 7.11 Å². The Labute approximate surface area is 136 Å². The zero-order chi connectivity index (χ0) is 17.0. The highest BCUT2D eigenvalue weighted by molar-refractivity contribution is 6.38. The molecule has 0 spiro atoms. The van der Waals surface area contributed by atoms with Crippen LogP contribution in [-0.4, -0.2) is 49.5 Å². The fourth-order valence-corrected chi connectivity index (χ4v) is 3.26. The molecule has 1 aliphatic carbocycles. The summed E-state index contributed by atoms with van der Waals surface area (Å²) in [7, 11) is 4.99. The molecule has 0 bridgehead atoms. The van der Waals surface area contributed by atoms with Crippen molar-refractivity contribution < 1.29 is 19.4 Å². The first-order valence-corrected chi connectivity index (χ1v) is 7.68. The van der Waals surface area contributed by atoms with E-state index in [1.807, 2.05) is 25.1 Å². The number of hydrogen-bond donors (Lipinski definition) is 1. The number of nitrogens with zero attached hydrogens (tertiary/aromatic N) is 1. The Bertz CT molecular complexity index is 621. The average molecular weight is 317 g/mol. The summed E-state index contributed by atoms with van der Waals surface area (Å²) in [5, 5.41) is 10.9. The number of aliphatic hydroxyl groups is 1. The molecular formula is C18H23NO4. The highest BCUT2D eigenvalue weighted by Crippen LogP contribution is 2.43. The minimum atomic E-state index is -1.34. The molecule has 1 aromatic carbocycles. The van der Waals surface area contributed by atoms with E-state index in [9.17, 15) is 14.7 Å². The first-order chi connectivity index (χ1) is 10.9. The van der Waals surface area contributed by atoms with Gasteiger partial charge < -0.3 is 14.7 Å². The molecule has 0 heterocycles. The van der Waals surface area contributed by atoms with E-state index in [1.54, 1.807) is 24.3 Å². The zero-order valence-corrected chi connectivity index (χ0v) is 13.8. The van der Waals surface area contributed by atoms with Crippen LogP contribution in [0, 0.1) is 0 Å². The van der Waals surface area contributed by atoms with Gasteiger partial charge in [0, 0.05) is 6.54 Å². The van der Waals surface area contributed by atoms with Crippen LogP contribution in [0.2, 0.25) is 0 Å². The van der Waals surface area contributed by atoms with Crippen molar-refractivity contribution in [1.82, 2.24) is 4.90 Å². The van der Waals surface area contributed by atoms with Crippen molar-refractivity contribution in [3.63, 3.8) is 0 Å². The van der Waals surface area contributed by atoms with Gasteiger partial charge in [-0.1, -0.05) is 30.3 Å². The molecule has 0 unspecified atom stereocenters. The lowest BCUT2D eigenvalue weighted by molar-refractivity contribution is -0.154. The highest BCUT2D eigenvalue weighted by Gasteiger charge is 2.50. The number of hydrogen-bond acceptors (Lipinski definition) is 5. The normalized spacial score (nSPS) is 21.4. The number of rotatable bonds is 5. The Hall–Kier alpha value is -2.14. The zero-order valence-electron chi connectivity index (χ0n) is 13.8. The van der Waals surface area contributed by atoms with E-state index in [0.717, 1.165) is 12.0 Å². The number of esters is 1. The number of carbonyl (C=O) groups is 2. The summed E-state index contributed by atoms with van der Waals surface area (Å²) in [4.78, 5) is 26.7. The Kier molecular flexibility index (Phi) is 5.21. The lowest BCUT2D eigenvalue weighted by atomic mass is 9.67. The van der Waals surface area contributed by atoms with E-state index in [2.05, 4.69) is 4.74 Å². The molecule has 1 N–H and O–H groups in total. The molecule has 0 radical (unpaired) electrons. The lowest BCUT2D eigenvalue weighted by Gasteiger charge is -2.36. The lowest BCUT2D eigenvalue weighted by Crippen LogP contribution is -2.45. The minimum absolute atomic E-state index is 0.000880. The average Bonchev–Trinajstić information content (AvgIpc) is 2.56. The van der Waals surface area contributed by atoms with Crippen molar-refractivity contribution in [2.75, 3.05) is 27.7 Å². The van der Waals surface area contributed by atoms with Gasteiger partial charge in [-0.15, -0.1) is 0 Å². The quantitative estimate of drug-likeness (QED) is 0.666. The summed E-state index contributed by atoms with van der Waals surface area (Å²) in [6.45, 7) is 0.550. The van der Waals surface area contributed by atoms with E-state index < -0.39 is 17.2 Å². The number of likely N-dealkylation sites (N-methyl/N-ethyl adjacent to an activating group) is 1. The molecular weight excluding hydrogens is 294 g/mol. The molecule has 5 nitrogen and oxygen atoms in total. The summed E-state index contributed by atoms with van der Waals surface area (Å²) in [6.07, 6.45) is 1.84. The van der Waals surface area contributed by atoms with Crippen LogP contribution in [0.1, 0.15) is 24.8 Å². The van der Waals surface area contributed by atoms with Crippen LogP contribution in [0.5, 0.6) is 0 Å². The molecule has 2 rings (SSSR count). The molecule has 0 saturated carbocycles. The van der Waals surface area contributed by atoms with Crippen LogP contribution in [0.25, 0.3) is 0 Å². The topological polar surface area (TPSA) is 66.8 Å². The summed E-state index contributed by atoms with van der Waals surface area (Å²) in [5.74, 6) is -1.63. The van der Waals surface area contributed by atoms with E-state index >= 15 is 0 Å². The molecule has 124 valence electrons. The monoisotopic (exact) mass is 317 g/mol. The van der Waals surface area contributed by atoms with E-state index in [0.29, 0.717) is 24.9 Å². The number of ether oxygens (including phenoxy) is 1. The van der Waals surface area contributed by atoms with Crippen molar-refractivity contribution in [3.8, 4) is 0 Å². The second-order valence-corrected chi connectivity index (χ2v) is 6.14. The molecule has 0 aliphatic heterocycles. The number of ketones is 1. The summed E-state index contributed by atoms with van der Waals surface area (Å²) >= 11 is 0. The summed E-state index contributed by atoms with van der Waals surface area (Å²) < 4.78 is 4.64. The number of aliphatic hydroxyl groups excluding tert-OH is 1. The fourth-order valence-electron chi connectivity index (χ4n) is 3.26. The highest BCUT2D eigenvalue weighted by atomic mass is 16.5. The summed E-state index contributed by atoms with van der Waals surface area (Å²) in [5.41, 5.74) is 0.0870. The minimum Gasteiger partial charge on any atom is -0.511 e. The van der Waals surface area contributed by atoms with Crippen molar-refractivity contribution in [2.24, 2.45) is 0 Å². The Morgan fingerprint density at radius 3 is 2.48 bits per heavy atom. The van der Waals surface area contributed by atoms with Gasteiger partial charge in [-0.25, -0.2) is 4.79 Å². The molecule has 23 heavy (non-hydrogen) atoms. The van der Waals surface area contributed by atoms with Gasteiger partial charge in [0.15, 0.2) is 0 Å². The maximum atomic E-state index is 12.8. The fraction of sp³-hybridized carbons (Fsp3) is 0.444. The van der Waals surface area contributed by atoms with Crippen LogP contribution in [0.15, 0.2) is 41.7 Å². The maximum absolute atomic E-state index is 12.8. The van der Waals surface area contributed by atoms with Crippen molar-refractivity contribution >= 4 is 11.8 Å². The van der Waals surface area contributed by atoms with Gasteiger partial charge >= 0.3 is 5.97 Å². The molecule has 5 heteroatoms. The predicted octanol–water partition coefficient (Wildman–Crippen LogP) is 2.22. The van der Waals surface area contributed by atoms with Crippen molar-refractivity contribution in [2.45, 2.75) is 24.7 Å². The third kappa shape index (κ3) is 3.15. The van der Waals surface area contributed by atoms with Gasteiger partial charge in [0.2, 0.25) is 0 Å². The third-order valence-corrected chi connectivity index (χ3v) is 4.30. The second-order valence-electron chi connectivity index (χ2n) is 6.14. The SMILES string of the molecule is COC(=O)C(=O)[C@@]1(c2ccccc2)CCCC(CN(C)C)=C1O. The van der Waals surface area contributed by atoms with Gasteiger partial charge in [-0.2, -0.15) is 0 Å². The standard InChI is InChI=1S/C18H23NO4/c1-19(2)12-13-8-7-11-18(15(13)20,16(21)17(22)23-3)14-9-5-4-6-10-14/h4-6,9-10,20H,7-8,11-12H2,1-3H3/t18-/m1/s1. The Balaban J connectivity index is 2.63. The van der Waals surface area contributed by atoms with Crippen molar-refractivity contribution in [1.29, 1.82) is 0 Å².